The molecule has 2 N–H and O–H groups in total. The number of hydrogen-bond donors (Lipinski definition) is 2. The van der Waals surface area contributed by atoms with Gasteiger partial charge in [-0.25, -0.2) is 4.98 Å². The number of nitrogens with one attached hydrogen (secondary N) is 2. The number of amides is 1. The van der Waals surface area contributed by atoms with Crippen molar-refractivity contribution in [3.8, 4) is 11.3 Å². The normalized spacial score (nSPS) is 12.5. The number of hydrogen-bond acceptors (Lipinski definition) is 3. The van der Waals surface area contributed by atoms with Crippen molar-refractivity contribution in [3.63, 3.8) is 0 Å². The molecule has 6 heteroatoms. The van der Waals surface area contributed by atoms with Crippen molar-refractivity contribution in [3.05, 3.63) is 65.4 Å². The molecule has 1 unspecified atom stereocenters. The standard InChI is InChI=1S/C20H23N5O/c1-13-17(15(3)25(4)24-13)10-11-19(26)22-14(2)20-21-12-18(23-20)16-8-6-5-7-9-16/h5-12,14H,1-4H3,(H,21,23)(H,22,26)/b11-10+. The highest BCUT2D eigenvalue weighted by Crippen LogP contribution is 2.19. The molecule has 0 spiro atoms. The van der Waals surface area contributed by atoms with Gasteiger partial charge in [0.1, 0.15) is 5.82 Å². The van der Waals surface area contributed by atoms with Crippen molar-refractivity contribution in [1.82, 2.24) is 25.1 Å². The summed E-state index contributed by atoms with van der Waals surface area (Å²) < 4.78 is 1.81. The summed E-state index contributed by atoms with van der Waals surface area (Å²) in [5.74, 6) is 0.553. The first kappa shape index (κ1) is 17.7. The van der Waals surface area contributed by atoms with Crippen LogP contribution in [0.2, 0.25) is 0 Å². The van der Waals surface area contributed by atoms with Crippen molar-refractivity contribution in [1.29, 1.82) is 0 Å². The van der Waals surface area contributed by atoms with Crippen molar-refractivity contribution in [2.45, 2.75) is 26.8 Å². The quantitative estimate of drug-likeness (QED) is 0.694. The molecule has 0 aliphatic rings. The topological polar surface area (TPSA) is 75.6 Å². The number of H-pyrrole nitrogens is 1. The van der Waals surface area contributed by atoms with Crippen molar-refractivity contribution in [2.75, 3.05) is 0 Å². The average Bonchev–Trinajstić information content (AvgIpc) is 3.20. The minimum absolute atomic E-state index is 0.169. The zero-order valence-electron chi connectivity index (χ0n) is 15.4. The maximum absolute atomic E-state index is 12.2. The summed E-state index contributed by atoms with van der Waals surface area (Å²) in [7, 11) is 1.89. The Bertz CT molecular complexity index is 937. The number of benzene rings is 1. The SMILES string of the molecule is Cc1nn(C)c(C)c1/C=C/C(=O)NC(C)c1ncc(-c2ccccc2)[nH]1. The van der Waals surface area contributed by atoms with E-state index in [0.29, 0.717) is 0 Å². The van der Waals surface area contributed by atoms with Crippen LogP contribution in [0.15, 0.2) is 42.6 Å². The molecule has 0 radical (unpaired) electrons. The van der Waals surface area contributed by atoms with Crippen molar-refractivity contribution >= 4 is 12.0 Å². The van der Waals surface area contributed by atoms with Gasteiger partial charge in [0.05, 0.1) is 23.6 Å². The number of aromatic nitrogens is 4. The molecule has 0 aliphatic heterocycles. The fourth-order valence-corrected chi connectivity index (χ4v) is 2.84. The number of rotatable bonds is 5. The summed E-state index contributed by atoms with van der Waals surface area (Å²) in [6.07, 6.45) is 5.12. The van der Waals surface area contributed by atoms with Gasteiger partial charge in [-0.3, -0.25) is 9.48 Å². The first-order valence-corrected chi connectivity index (χ1v) is 8.55. The molecule has 0 aliphatic carbocycles. The number of aryl methyl sites for hydroxylation is 2. The van der Waals surface area contributed by atoms with Crippen LogP contribution in [-0.4, -0.2) is 25.7 Å². The van der Waals surface area contributed by atoms with Gasteiger partial charge in [0.15, 0.2) is 0 Å². The van der Waals surface area contributed by atoms with Crippen LogP contribution in [0.3, 0.4) is 0 Å². The molecule has 3 rings (SSSR count). The predicted octanol–water partition coefficient (Wildman–Crippen LogP) is 3.32. The van der Waals surface area contributed by atoms with Gasteiger partial charge in [-0.1, -0.05) is 30.3 Å². The van der Waals surface area contributed by atoms with Crippen LogP contribution in [0.4, 0.5) is 0 Å². The van der Waals surface area contributed by atoms with Gasteiger partial charge in [0.25, 0.3) is 0 Å². The van der Waals surface area contributed by atoms with E-state index in [-0.39, 0.29) is 11.9 Å². The van der Waals surface area contributed by atoms with Crippen molar-refractivity contribution in [2.24, 2.45) is 7.05 Å². The Labute approximate surface area is 153 Å². The Hall–Kier alpha value is -3.15. The summed E-state index contributed by atoms with van der Waals surface area (Å²) in [6, 6.07) is 9.74. The lowest BCUT2D eigenvalue weighted by Crippen LogP contribution is -2.25. The Morgan fingerprint density at radius 1 is 1.27 bits per heavy atom. The third-order valence-corrected chi connectivity index (χ3v) is 4.42. The summed E-state index contributed by atoms with van der Waals surface area (Å²) >= 11 is 0. The van der Waals surface area contributed by atoms with Crippen LogP contribution in [0.25, 0.3) is 17.3 Å². The van der Waals surface area contributed by atoms with E-state index < -0.39 is 0 Å². The first-order valence-electron chi connectivity index (χ1n) is 8.55. The summed E-state index contributed by atoms with van der Waals surface area (Å²) in [6.45, 7) is 5.81. The molecule has 1 amide bonds. The molecule has 1 atom stereocenters. The van der Waals surface area contributed by atoms with Crippen LogP contribution in [0.5, 0.6) is 0 Å². The number of imidazole rings is 1. The molecule has 0 saturated heterocycles. The van der Waals surface area contributed by atoms with Crippen LogP contribution in [-0.2, 0) is 11.8 Å². The smallest absolute Gasteiger partial charge is 0.244 e. The lowest BCUT2D eigenvalue weighted by atomic mass is 10.2. The third-order valence-electron chi connectivity index (χ3n) is 4.42. The molecular weight excluding hydrogens is 326 g/mol. The molecule has 2 aromatic heterocycles. The Kier molecular flexibility index (Phi) is 5.02. The van der Waals surface area contributed by atoms with Gasteiger partial charge in [0.2, 0.25) is 5.91 Å². The van der Waals surface area contributed by atoms with E-state index in [1.54, 1.807) is 12.3 Å². The summed E-state index contributed by atoms with van der Waals surface area (Å²) in [5, 5.41) is 7.28. The molecule has 134 valence electrons. The lowest BCUT2D eigenvalue weighted by Gasteiger charge is -2.09. The zero-order valence-corrected chi connectivity index (χ0v) is 15.4. The van der Waals surface area contributed by atoms with Gasteiger partial charge < -0.3 is 10.3 Å². The van der Waals surface area contributed by atoms with E-state index >= 15 is 0 Å². The van der Waals surface area contributed by atoms with E-state index in [9.17, 15) is 4.79 Å². The molecule has 0 saturated carbocycles. The Morgan fingerprint density at radius 2 is 2.00 bits per heavy atom. The van der Waals surface area contributed by atoms with Crippen LogP contribution in [0, 0.1) is 13.8 Å². The highest BCUT2D eigenvalue weighted by Gasteiger charge is 2.13. The lowest BCUT2D eigenvalue weighted by molar-refractivity contribution is -0.117. The van der Waals surface area contributed by atoms with Gasteiger partial charge in [0, 0.05) is 24.4 Å². The second kappa shape index (κ2) is 7.39. The highest BCUT2D eigenvalue weighted by molar-refractivity contribution is 5.92. The molecule has 3 aromatic rings. The monoisotopic (exact) mass is 349 g/mol. The second-order valence-corrected chi connectivity index (χ2v) is 6.32. The number of nitrogens with zero attached hydrogens (tertiary/aromatic N) is 3. The predicted molar refractivity (Wildman–Crippen MR) is 102 cm³/mol. The fraction of sp³-hybridized carbons (Fsp3) is 0.250. The maximum Gasteiger partial charge on any atom is 0.244 e. The Morgan fingerprint density at radius 3 is 2.65 bits per heavy atom. The molecule has 2 heterocycles. The molecular formula is C20H23N5O. The van der Waals surface area contributed by atoms with E-state index in [0.717, 1.165) is 34.0 Å². The molecule has 26 heavy (non-hydrogen) atoms. The maximum atomic E-state index is 12.2. The summed E-state index contributed by atoms with van der Waals surface area (Å²) in [4.78, 5) is 19.9. The largest absolute Gasteiger partial charge is 0.343 e. The average molecular weight is 349 g/mol. The minimum atomic E-state index is -0.222. The van der Waals surface area contributed by atoms with Crippen LogP contribution in [0.1, 0.15) is 35.7 Å². The second-order valence-electron chi connectivity index (χ2n) is 6.32. The van der Waals surface area contributed by atoms with E-state index in [1.807, 2.05) is 62.8 Å². The van der Waals surface area contributed by atoms with Crippen LogP contribution < -0.4 is 5.32 Å². The molecule has 1 aromatic carbocycles. The first-order chi connectivity index (χ1) is 12.5. The Balaban J connectivity index is 1.66. The minimum Gasteiger partial charge on any atom is -0.343 e. The highest BCUT2D eigenvalue weighted by atomic mass is 16.1. The number of carbonyl (C=O) groups excluding carboxylic acids is 1. The van der Waals surface area contributed by atoms with E-state index in [2.05, 4.69) is 20.4 Å². The molecule has 0 bridgehead atoms. The summed E-state index contributed by atoms with van der Waals surface area (Å²) in [5.41, 5.74) is 4.89. The number of aromatic amines is 1. The fourth-order valence-electron chi connectivity index (χ4n) is 2.84. The zero-order chi connectivity index (χ0) is 18.7. The van der Waals surface area contributed by atoms with Crippen LogP contribution >= 0.6 is 0 Å². The van der Waals surface area contributed by atoms with E-state index in [1.165, 1.54) is 6.08 Å². The molecule has 6 nitrogen and oxygen atoms in total. The van der Waals surface area contributed by atoms with Gasteiger partial charge in [-0.2, -0.15) is 5.10 Å². The number of carbonyl (C=O) groups is 1. The van der Waals surface area contributed by atoms with Gasteiger partial charge in [-0.15, -0.1) is 0 Å². The van der Waals surface area contributed by atoms with Crippen molar-refractivity contribution < 1.29 is 4.79 Å². The van der Waals surface area contributed by atoms with Gasteiger partial charge in [-0.05, 0) is 32.4 Å². The molecule has 0 fully saturated rings. The van der Waals surface area contributed by atoms with E-state index in [4.69, 9.17) is 0 Å². The third kappa shape index (κ3) is 3.74. The van der Waals surface area contributed by atoms with Gasteiger partial charge >= 0.3 is 0 Å².